The summed E-state index contributed by atoms with van der Waals surface area (Å²) in [5.41, 5.74) is 2.31. The van der Waals surface area contributed by atoms with Gasteiger partial charge in [0, 0.05) is 21.2 Å². The molecular weight excluding hydrogens is 357 g/mol. The Labute approximate surface area is 155 Å². The molecule has 0 spiro atoms. The maximum Gasteiger partial charge on any atom is 0.255 e. The van der Waals surface area contributed by atoms with E-state index in [9.17, 15) is 9.18 Å². The van der Waals surface area contributed by atoms with Crippen LogP contribution in [0.25, 0.3) is 0 Å². The molecule has 0 aliphatic carbocycles. The molecule has 0 heterocycles. The number of hydrogen-bond acceptors (Lipinski definition) is 2. The average Bonchev–Trinajstić information content (AvgIpc) is 2.63. The van der Waals surface area contributed by atoms with Gasteiger partial charge >= 0.3 is 0 Å². The number of halogens is 2. The predicted octanol–water partition coefficient (Wildman–Crippen LogP) is 6.02. The monoisotopic (exact) mass is 371 g/mol. The van der Waals surface area contributed by atoms with Gasteiger partial charge in [-0.05, 0) is 54.1 Å². The highest BCUT2D eigenvalue weighted by atomic mass is 35.5. The number of anilines is 1. The van der Waals surface area contributed by atoms with Gasteiger partial charge in [-0.1, -0.05) is 35.9 Å². The van der Waals surface area contributed by atoms with Crippen LogP contribution in [0.5, 0.6) is 0 Å². The first-order valence-electron chi connectivity index (χ1n) is 7.65. The van der Waals surface area contributed by atoms with Crippen molar-refractivity contribution < 1.29 is 9.18 Å². The molecule has 0 atom stereocenters. The fraction of sp³-hybridized carbons (Fsp3) is 0.0500. The summed E-state index contributed by atoms with van der Waals surface area (Å²) in [6, 6.07) is 20.8. The van der Waals surface area contributed by atoms with E-state index in [0.717, 1.165) is 16.1 Å². The molecule has 0 bridgehead atoms. The fourth-order valence-electron chi connectivity index (χ4n) is 2.23. The molecule has 1 amide bonds. The summed E-state index contributed by atoms with van der Waals surface area (Å²) < 4.78 is 13.0. The first-order valence-corrected chi connectivity index (χ1v) is 9.01. The van der Waals surface area contributed by atoms with Crippen molar-refractivity contribution in [3.63, 3.8) is 0 Å². The third kappa shape index (κ3) is 4.84. The van der Waals surface area contributed by atoms with Gasteiger partial charge in [-0.25, -0.2) is 4.39 Å². The van der Waals surface area contributed by atoms with Crippen LogP contribution in [0.1, 0.15) is 15.9 Å². The summed E-state index contributed by atoms with van der Waals surface area (Å²) in [6.45, 7) is 0. The van der Waals surface area contributed by atoms with Crippen LogP contribution in [-0.2, 0) is 5.75 Å². The summed E-state index contributed by atoms with van der Waals surface area (Å²) in [6.07, 6.45) is 0. The van der Waals surface area contributed by atoms with Crippen LogP contribution in [-0.4, -0.2) is 5.91 Å². The van der Waals surface area contributed by atoms with E-state index in [0.29, 0.717) is 16.3 Å². The van der Waals surface area contributed by atoms with Gasteiger partial charge < -0.3 is 5.32 Å². The van der Waals surface area contributed by atoms with Gasteiger partial charge in [-0.3, -0.25) is 4.79 Å². The average molecular weight is 372 g/mol. The topological polar surface area (TPSA) is 29.1 Å². The molecule has 0 saturated carbocycles. The van der Waals surface area contributed by atoms with Crippen LogP contribution in [0.15, 0.2) is 77.7 Å². The number of thioether (sulfide) groups is 1. The van der Waals surface area contributed by atoms with E-state index in [-0.39, 0.29) is 11.7 Å². The second-order valence-electron chi connectivity index (χ2n) is 5.37. The second kappa shape index (κ2) is 8.19. The van der Waals surface area contributed by atoms with Crippen molar-refractivity contribution in [3.8, 4) is 0 Å². The molecule has 25 heavy (non-hydrogen) atoms. The number of benzene rings is 3. The molecular formula is C20H15ClFNOS. The lowest BCUT2D eigenvalue weighted by Crippen LogP contribution is -2.12. The SMILES string of the molecule is O=C(Nc1ccccc1SCc1ccc(F)cc1)c1ccc(Cl)cc1. The van der Waals surface area contributed by atoms with Crippen LogP contribution in [0.4, 0.5) is 10.1 Å². The van der Waals surface area contributed by atoms with Crippen molar-refractivity contribution >= 4 is 35.0 Å². The Morgan fingerprint density at radius 3 is 2.36 bits per heavy atom. The molecule has 2 nitrogen and oxygen atoms in total. The normalized spacial score (nSPS) is 10.5. The largest absolute Gasteiger partial charge is 0.321 e. The lowest BCUT2D eigenvalue weighted by molar-refractivity contribution is 0.102. The predicted molar refractivity (Wildman–Crippen MR) is 102 cm³/mol. The van der Waals surface area contributed by atoms with E-state index < -0.39 is 0 Å². The molecule has 3 rings (SSSR count). The van der Waals surface area contributed by atoms with Crippen LogP contribution in [0.3, 0.4) is 0 Å². The van der Waals surface area contributed by atoms with Crippen molar-refractivity contribution in [1.29, 1.82) is 0 Å². The molecule has 3 aromatic carbocycles. The van der Waals surface area contributed by atoms with Gasteiger partial charge in [0.05, 0.1) is 5.69 Å². The summed E-state index contributed by atoms with van der Waals surface area (Å²) in [4.78, 5) is 13.3. The second-order valence-corrected chi connectivity index (χ2v) is 6.83. The minimum atomic E-state index is -0.246. The van der Waals surface area contributed by atoms with E-state index in [1.807, 2.05) is 24.3 Å². The van der Waals surface area contributed by atoms with Gasteiger partial charge in [-0.2, -0.15) is 0 Å². The number of rotatable bonds is 5. The van der Waals surface area contributed by atoms with Crippen LogP contribution in [0, 0.1) is 5.82 Å². The molecule has 0 radical (unpaired) electrons. The molecule has 0 fully saturated rings. The van der Waals surface area contributed by atoms with E-state index in [4.69, 9.17) is 11.6 Å². The third-order valence-corrected chi connectivity index (χ3v) is 4.95. The molecule has 126 valence electrons. The lowest BCUT2D eigenvalue weighted by atomic mass is 10.2. The Morgan fingerprint density at radius 1 is 0.960 bits per heavy atom. The summed E-state index contributed by atoms with van der Waals surface area (Å²) >= 11 is 7.44. The molecule has 3 aromatic rings. The molecule has 1 N–H and O–H groups in total. The minimum absolute atomic E-state index is 0.188. The first-order chi connectivity index (χ1) is 12.1. The summed E-state index contributed by atoms with van der Waals surface area (Å²) in [7, 11) is 0. The maximum atomic E-state index is 13.0. The number of amides is 1. The lowest BCUT2D eigenvalue weighted by Gasteiger charge is -2.11. The van der Waals surface area contributed by atoms with Gasteiger partial charge in [0.2, 0.25) is 0 Å². The Morgan fingerprint density at radius 2 is 1.64 bits per heavy atom. The molecule has 0 unspecified atom stereocenters. The smallest absolute Gasteiger partial charge is 0.255 e. The van der Waals surface area contributed by atoms with Gasteiger partial charge in [0.1, 0.15) is 5.82 Å². The number of carbonyl (C=O) groups excluding carboxylic acids is 1. The Bertz CT molecular complexity index is 866. The summed E-state index contributed by atoms with van der Waals surface area (Å²) in [5.74, 6) is 0.254. The number of carbonyl (C=O) groups is 1. The Hall–Kier alpha value is -2.30. The van der Waals surface area contributed by atoms with E-state index in [1.54, 1.807) is 48.2 Å². The van der Waals surface area contributed by atoms with Gasteiger partial charge in [0.15, 0.2) is 0 Å². The number of para-hydroxylation sites is 1. The fourth-order valence-corrected chi connectivity index (χ4v) is 3.32. The standard InChI is InChI=1S/C20H15ClFNOS/c21-16-9-7-15(8-10-16)20(24)23-18-3-1-2-4-19(18)25-13-14-5-11-17(22)12-6-14/h1-12H,13H2,(H,23,24). The van der Waals surface area contributed by atoms with Crippen LogP contribution in [0.2, 0.25) is 5.02 Å². The van der Waals surface area contributed by atoms with E-state index in [2.05, 4.69) is 5.32 Å². The molecule has 0 aliphatic rings. The quantitative estimate of drug-likeness (QED) is 0.555. The van der Waals surface area contributed by atoms with Crippen molar-refractivity contribution in [2.75, 3.05) is 5.32 Å². The zero-order valence-electron chi connectivity index (χ0n) is 13.2. The highest BCUT2D eigenvalue weighted by Gasteiger charge is 2.09. The van der Waals surface area contributed by atoms with E-state index >= 15 is 0 Å². The van der Waals surface area contributed by atoms with Crippen molar-refractivity contribution in [3.05, 3.63) is 94.8 Å². The minimum Gasteiger partial charge on any atom is -0.321 e. The molecule has 0 saturated heterocycles. The zero-order chi connectivity index (χ0) is 17.6. The summed E-state index contributed by atoms with van der Waals surface area (Å²) in [5, 5.41) is 3.52. The molecule has 0 aliphatic heterocycles. The first kappa shape index (κ1) is 17.5. The maximum absolute atomic E-state index is 13.0. The Balaban J connectivity index is 1.71. The molecule has 5 heteroatoms. The van der Waals surface area contributed by atoms with Crippen LogP contribution < -0.4 is 5.32 Å². The van der Waals surface area contributed by atoms with Crippen molar-refractivity contribution in [1.82, 2.24) is 0 Å². The molecule has 0 aromatic heterocycles. The number of nitrogens with one attached hydrogen (secondary N) is 1. The highest BCUT2D eigenvalue weighted by Crippen LogP contribution is 2.30. The van der Waals surface area contributed by atoms with Gasteiger partial charge in [0.25, 0.3) is 5.91 Å². The van der Waals surface area contributed by atoms with Crippen LogP contribution >= 0.6 is 23.4 Å². The van der Waals surface area contributed by atoms with Gasteiger partial charge in [-0.15, -0.1) is 11.8 Å². The van der Waals surface area contributed by atoms with E-state index in [1.165, 1.54) is 12.1 Å². The van der Waals surface area contributed by atoms with Crippen molar-refractivity contribution in [2.24, 2.45) is 0 Å². The highest BCUT2D eigenvalue weighted by molar-refractivity contribution is 7.98. The zero-order valence-corrected chi connectivity index (χ0v) is 14.8. The Kier molecular flexibility index (Phi) is 5.74. The number of hydrogen-bond donors (Lipinski definition) is 1. The van der Waals surface area contributed by atoms with Crippen molar-refractivity contribution in [2.45, 2.75) is 10.6 Å². The third-order valence-electron chi connectivity index (χ3n) is 3.55.